The van der Waals surface area contributed by atoms with Gasteiger partial charge in [-0.25, -0.2) is 34.4 Å². The van der Waals surface area contributed by atoms with Crippen LogP contribution in [0.3, 0.4) is 0 Å². The van der Waals surface area contributed by atoms with Crippen LogP contribution in [0.2, 0.25) is 0 Å². The van der Waals surface area contributed by atoms with Gasteiger partial charge in [-0.3, -0.25) is 0 Å². The van der Waals surface area contributed by atoms with Gasteiger partial charge >= 0.3 is 26.2 Å². The molecule has 2 aliphatic carbocycles. The first-order valence-corrected chi connectivity index (χ1v) is 11.8. The van der Waals surface area contributed by atoms with Crippen LogP contribution in [0.25, 0.3) is 0 Å². The Bertz CT molecular complexity index is 1020. The molecule has 0 heterocycles. The normalized spacial score (nSPS) is 13.9. The first-order valence-electron chi connectivity index (χ1n) is 11.8. The monoisotopic (exact) mass is 548 g/mol. The standard InChI is InChI=1S/2C8H10O.2C8H11.Zr/c2*1-6-3-4-8(9)7(2)5-6;2*1-6-4-7(2)8(3)5-6;/h2*3-5,9H,1-2H3;2*4H2,1-3H3;/q;;2*-1;+2. The molecule has 2 aliphatic rings. The summed E-state index contributed by atoms with van der Waals surface area (Å²) >= 11 is 0. The fourth-order valence-electron chi connectivity index (χ4n) is 3.61. The van der Waals surface area contributed by atoms with Gasteiger partial charge in [-0.1, -0.05) is 75.9 Å². The number of hydrogen-bond acceptors (Lipinski definition) is 2. The number of phenols is 2. The van der Waals surface area contributed by atoms with Gasteiger partial charge in [0.1, 0.15) is 11.5 Å². The zero-order valence-corrected chi connectivity index (χ0v) is 25.7. The topological polar surface area (TPSA) is 40.5 Å². The molecule has 35 heavy (non-hydrogen) atoms. The number of aromatic hydroxyl groups is 2. The maximum absolute atomic E-state index is 9.04. The third-order valence-corrected chi connectivity index (χ3v) is 5.85. The number of benzene rings is 2. The van der Waals surface area contributed by atoms with Crippen LogP contribution in [0.5, 0.6) is 11.5 Å². The fourth-order valence-corrected chi connectivity index (χ4v) is 3.61. The Balaban J connectivity index is 0.000000437. The van der Waals surface area contributed by atoms with E-state index < -0.39 is 0 Å². The molecule has 0 atom stereocenters. The molecule has 0 bridgehead atoms. The van der Waals surface area contributed by atoms with E-state index in [0.29, 0.717) is 11.5 Å². The van der Waals surface area contributed by atoms with Gasteiger partial charge in [0.2, 0.25) is 0 Å². The molecule has 0 amide bonds. The van der Waals surface area contributed by atoms with Crippen LogP contribution in [-0.2, 0) is 26.2 Å². The molecule has 0 spiro atoms. The van der Waals surface area contributed by atoms with Crippen LogP contribution in [0.4, 0.5) is 0 Å². The molecule has 3 heteroatoms. The number of hydrogen-bond donors (Lipinski definition) is 2. The Morgan fingerprint density at radius 1 is 0.543 bits per heavy atom. The molecule has 0 aromatic heterocycles. The number of phenolic OH excluding ortho intramolecular Hbond substituents is 2. The second-order valence-corrected chi connectivity index (χ2v) is 9.55. The van der Waals surface area contributed by atoms with Crippen LogP contribution in [0.15, 0.2) is 69.8 Å². The van der Waals surface area contributed by atoms with E-state index in [0.717, 1.165) is 24.0 Å². The molecule has 2 N–H and O–H groups in total. The summed E-state index contributed by atoms with van der Waals surface area (Å²) in [5, 5.41) is 18.1. The summed E-state index contributed by atoms with van der Waals surface area (Å²) in [6.07, 6.45) is 8.81. The van der Waals surface area contributed by atoms with Crippen molar-refractivity contribution in [3.05, 3.63) is 104 Å². The molecule has 0 unspecified atom stereocenters. The molecule has 4 rings (SSSR count). The van der Waals surface area contributed by atoms with Crippen molar-refractivity contribution in [3.8, 4) is 11.5 Å². The van der Waals surface area contributed by atoms with E-state index in [1.54, 1.807) is 12.1 Å². The molecule has 186 valence electrons. The first-order chi connectivity index (χ1) is 15.8. The molecule has 2 aromatic rings. The smallest absolute Gasteiger partial charge is 0.508 e. The van der Waals surface area contributed by atoms with E-state index >= 15 is 0 Å². The van der Waals surface area contributed by atoms with Crippen molar-refractivity contribution in [2.45, 2.75) is 82.1 Å². The molecule has 0 saturated carbocycles. The Labute approximate surface area is 233 Å². The Morgan fingerprint density at radius 2 is 0.857 bits per heavy atom. The van der Waals surface area contributed by atoms with Gasteiger partial charge in [-0.2, -0.15) is 11.1 Å². The van der Waals surface area contributed by atoms with Gasteiger partial charge in [0, 0.05) is 0 Å². The molecular weight excluding hydrogens is 508 g/mol. The van der Waals surface area contributed by atoms with Gasteiger partial charge < -0.3 is 10.2 Å². The first kappa shape index (κ1) is 32.9. The van der Waals surface area contributed by atoms with Crippen LogP contribution in [0, 0.1) is 39.8 Å². The van der Waals surface area contributed by atoms with Crippen LogP contribution >= 0.6 is 0 Å². The maximum atomic E-state index is 9.04. The van der Waals surface area contributed by atoms with Gasteiger partial charge in [0.05, 0.1) is 0 Å². The summed E-state index contributed by atoms with van der Waals surface area (Å²) in [5.74, 6) is 0.751. The van der Waals surface area contributed by atoms with Crippen molar-refractivity contribution in [1.29, 1.82) is 0 Å². The third-order valence-electron chi connectivity index (χ3n) is 5.85. The van der Waals surface area contributed by atoms with Crippen molar-refractivity contribution in [3.63, 3.8) is 0 Å². The van der Waals surface area contributed by atoms with E-state index in [1.807, 2.05) is 52.0 Å². The summed E-state index contributed by atoms with van der Waals surface area (Å²) in [7, 11) is 0. The molecule has 2 aromatic carbocycles. The quantitative estimate of drug-likeness (QED) is 0.322. The summed E-state index contributed by atoms with van der Waals surface area (Å²) in [6, 6.07) is 11.1. The molecular formula is C32H42O2Zr. The second kappa shape index (κ2) is 15.8. The molecule has 0 aliphatic heterocycles. The minimum absolute atomic E-state index is 0. The van der Waals surface area contributed by atoms with Crippen LogP contribution in [0.1, 0.15) is 76.6 Å². The second-order valence-electron chi connectivity index (χ2n) is 9.55. The summed E-state index contributed by atoms with van der Waals surface area (Å²) in [6.45, 7) is 20.6. The molecule has 0 radical (unpaired) electrons. The van der Waals surface area contributed by atoms with Gasteiger partial charge in [-0.15, -0.1) is 13.8 Å². The zero-order valence-electron chi connectivity index (χ0n) is 23.3. The number of aryl methyl sites for hydroxylation is 4. The van der Waals surface area contributed by atoms with Crippen molar-refractivity contribution in [2.75, 3.05) is 0 Å². The molecule has 2 nitrogen and oxygen atoms in total. The molecule has 0 fully saturated rings. The molecule has 0 saturated heterocycles. The summed E-state index contributed by atoms with van der Waals surface area (Å²) in [4.78, 5) is 0. The SMILES string of the molecule is CC1=[C-]C(C)=C(C)C1.CC1=[C-]C(C)=C(C)C1.Cc1ccc(O)c(C)c1.Cc1ccc(O)c(C)c1.[Zr+2]. The number of rotatable bonds is 0. The van der Waals surface area contributed by atoms with Gasteiger partial charge in [-0.05, 0) is 51.0 Å². The maximum Gasteiger partial charge on any atom is 2.00 e. The van der Waals surface area contributed by atoms with Crippen molar-refractivity contribution in [1.82, 2.24) is 0 Å². The Morgan fingerprint density at radius 3 is 1.00 bits per heavy atom. The van der Waals surface area contributed by atoms with E-state index in [1.165, 1.54) is 44.6 Å². The Kier molecular flexibility index (Phi) is 14.8. The average molecular weight is 550 g/mol. The Hall–Kier alpha value is -2.12. The average Bonchev–Trinajstić information content (AvgIpc) is 3.20. The van der Waals surface area contributed by atoms with E-state index in [9.17, 15) is 0 Å². The number of allylic oxidation sites excluding steroid dienone is 8. The predicted octanol–water partition coefficient (Wildman–Crippen LogP) is 8.97. The van der Waals surface area contributed by atoms with E-state index in [-0.39, 0.29) is 26.2 Å². The zero-order chi connectivity index (χ0) is 26.0. The van der Waals surface area contributed by atoms with Crippen LogP contribution in [-0.4, -0.2) is 10.2 Å². The van der Waals surface area contributed by atoms with E-state index in [2.05, 4.69) is 53.7 Å². The minimum atomic E-state index is 0. The van der Waals surface area contributed by atoms with Crippen molar-refractivity contribution < 1.29 is 36.4 Å². The minimum Gasteiger partial charge on any atom is -0.508 e. The van der Waals surface area contributed by atoms with Crippen molar-refractivity contribution >= 4 is 0 Å². The summed E-state index contributed by atoms with van der Waals surface area (Å²) in [5.41, 5.74) is 12.6. The van der Waals surface area contributed by atoms with Gasteiger partial charge in [0.15, 0.2) is 0 Å². The largest absolute Gasteiger partial charge is 2.00 e. The fraction of sp³-hybridized carbons (Fsp3) is 0.375. The van der Waals surface area contributed by atoms with Gasteiger partial charge in [0.25, 0.3) is 0 Å². The summed E-state index contributed by atoms with van der Waals surface area (Å²) < 4.78 is 0. The third kappa shape index (κ3) is 12.4. The van der Waals surface area contributed by atoms with E-state index in [4.69, 9.17) is 10.2 Å². The van der Waals surface area contributed by atoms with Crippen molar-refractivity contribution in [2.24, 2.45) is 0 Å². The predicted molar refractivity (Wildman–Crippen MR) is 146 cm³/mol. The van der Waals surface area contributed by atoms with Crippen LogP contribution < -0.4 is 0 Å².